The predicted octanol–water partition coefficient (Wildman–Crippen LogP) is 2.02. The summed E-state index contributed by atoms with van der Waals surface area (Å²) in [4.78, 5) is 13.5. The van der Waals surface area contributed by atoms with Gasteiger partial charge >= 0.3 is 0 Å². The van der Waals surface area contributed by atoms with Crippen LogP contribution >= 0.6 is 12.2 Å². The van der Waals surface area contributed by atoms with E-state index in [9.17, 15) is 13.6 Å². The molecule has 98 valence electrons. The van der Waals surface area contributed by atoms with Crippen LogP contribution in [0.25, 0.3) is 0 Å². The Balaban J connectivity index is 3.09. The van der Waals surface area contributed by atoms with Gasteiger partial charge in [-0.1, -0.05) is 12.2 Å². The summed E-state index contributed by atoms with van der Waals surface area (Å²) in [6.07, 6.45) is 0. The minimum Gasteiger partial charge on any atom is -0.392 e. The molecule has 1 aromatic carbocycles. The average molecular weight is 272 g/mol. The zero-order chi connectivity index (χ0) is 13.9. The third-order valence-corrected chi connectivity index (χ3v) is 2.62. The zero-order valence-corrected chi connectivity index (χ0v) is 11.0. The molecule has 0 radical (unpaired) electrons. The molecule has 0 fully saturated rings. The number of carbonyl (C=O) groups excluding carboxylic acids is 1. The third kappa shape index (κ3) is 3.22. The first kappa shape index (κ1) is 14.5. The molecule has 1 rings (SSSR count). The van der Waals surface area contributed by atoms with Gasteiger partial charge in [-0.05, 0) is 25.5 Å². The van der Waals surface area contributed by atoms with Gasteiger partial charge in [-0.3, -0.25) is 4.79 Å². The Hall–Kier alpha value is -1.56. The summed E-state index contributed by atoms with van der Waals surface area (Å²) in [5.74, 6) is -2.11. The van der Waals surface area contributed by atoms with Crippen molar-refractivity contribution in [3.8, 4) is 0 Å². The highest BCUT2D eigenvalue weighted by atomic mass is 32.1. The third-order valence-electron chi connectivity index (χ3n) is 2.49. The van der Waals surface area contributed by atoms with Gasteiger partial charge in [-0.25, -0.2) is 8.78 Å². The Morgan fingerprint density at radius 3 is 2.50 bits per heavy atom. The maximum atomic E-state index is 13.6. The van der Waals surface area contributed by atoms with Gasteiger partial charge in [0.05, 0.1) is 17.1 Å². The Labute approximate surface area is 110 Å². The fraction of sp³-hybridized carbons (Fsp3) is 0.333. The molecule has 18 heavy (non-hydrogen) atoms. The molecule has 0 saturated heterocycles. The van der Waals surface area contributed by atoms with E-state index in [4.69, 9.17) is 18.0 Å². The molecule has 0 saturated carbocycles. The highest BCUT2D eigenvalue weighted by molar-refractivity contribution is 7.80. The Morgan fingerprint density at radius 2 is 2.00 bits per heavy atom. The normalized spacial score (nSPS) is 10.2. The van der Waals surface area contributed by atoms with Crippen LogP contribution in [0.3, 0.4) is 0 Å². The second kappa shape index (κ2) is 5.86. The van der Waals surface area contributed by atoms with Crippen LogP contribution in [-0.2, 0) is 0 Å². The summed E-state index contributed by atoms with van der Waals surface area (Å²) in [6, 6.07) is 1.90. The molecule has 0 unspecified atom stereocenters. The number of aryl methyl sites for hydroxylation is 1. The van der Waals surface area contributed by atoms with Crippen molar-refractivity contribution in [1.29, 1.82) is 0 Å². The molecular formula is C12H14F2N2OS. The minimum absolute atomic E-state index is 0.0700. The molecule has 0 spiro atoms. The molecule has 0 bridgehead atoms. The fourth-order valence-electron chi connectivity index (χ4n) is 1.51. The summed E-state index contributed by atoms with van der Waals surface area (Å²) in [5.41, 5.74) is 5.40. The second-order valence-electron chi connectivity index (χ2n) is 3.87. The Bertz CT molecular complexity index is 491. The maximum Gasteiger partial charge on any atom is 0.257 e. The Kier molecular flexibility index (Phi) is 4.72. The topological polar surface area (TPSA) is 46.3 Å². The van der Waals surface area contributed by atoms with E-state index >= 15 is 0 Å². The van der Waals surface area contributed by atoms with Crippen molar-refractivity contribution in [2.45, 2.75) is 13.8 Å². The van der Waals surface area contributed by atoms with E-state index in [1.807, 2.05) is 0 Å². The van der Waals surface area contributed by atoms with Gasteiger partial charge in [0.1, 0.15) is 11.6 Å². The van der Waals surface area contributed by atoms with Gasteiger partial charge in [-0.15, -0.1) is 0 Å². The highest BCUT2D eigenvalue weighted by Crippen LogP contribution is 2.16. The van der Waals surface area contributed by atoms with Crippen LogP contribution in [0.5, 0.6) is 0 Å². The molecule has 0 aliphatic rings. The van der Waals surface area contributed by atoms with Crippen molar-refractivity contribution >= 4 is 23.1 Å². The number of thiocarbonyl (C=S) groups is 1. The van der Waals surface area contributed by atoms with Crippen LogP contribution in [0.4, 0.5) is 8.78 Å². The van der Waals surface area contributed by atoms with Gasteiger partial charge in [0.25, 0.3) is 5.91 Å². The molecule has 0 atom stereocenters. The van der Waals surface area contributed by atoms with Crippen molar-refractivity contribution in [1.82, 2.24) is 4.90 Å². The van der Waals surface area contributed by atoms with Crippen LogP contribution in [0.15, 0.2) is 12.1 Å². The molecule has 3 nitrogen and oxygen atoms in total. The van der Waals surface area contributed by atoms with E-state index < -0.39 is 17.5 Å². The van der Waals surface area contributed by atoms with Crippen molar-refractivity contribution in [3.63, 3.8) is 0 Å². The van der Waals surface area contributed by atoms with E-state index in [1.165, 1.54) is 17.9 Å². The van der Waals surface area contributed by atoms with E-state index in [2.05, 4.69) is 0 Å². The molecule has 1 amide bonds. The number of carbonyl (C=O) groups is 1. The molecule has 0 aliphatic heterocycles. The van der Waals surface area contributed by atoms with Crippen LogP contribution in [0.2, 0.25) is 0 Å². The van der Waals surface area contributed by atoms with E-state index in [0.29, 0.717) is 12.6 Å². The monoisotopic (exact) mass is 272 g/mol. The van der Waals surface area contributed by atoms with Crippen molar-refractivity contribution in [3.05, 3.63) is 34.9 Å². The number of hydrogen-bond donors (Lipinski definition) is 1. The lowest BCUT2D eigenvalue weighted by atomic mass is 10.1. The zero-order valence-electron chi connectivity index (χ0n) is 10.2. The van der Waals surface area contributed by atoms with Crippen molar-refractivity contribution < 1.29 is 13.6 Å². The van der Waals surface area contributed by atoms with Crippen LogP contribution in [0, 0.1) is 18.6 Å². The number of hydrogen-bond acceptors (Lipinski definition) is 2. The summed E-state index contributed by atoms with van der Waals surface area (Å²) < 4.78 is 26.7. The van der Waals surface area contributed by atoms with Crippen LogP contribution < -0.4 is 5.73 Å². The van der Waals surface area contributed by atoms with Crippen LogP contribution in [0.1, 0.15) is 22.8 Å². The van der Waals surface area contributed by atoms with Crippen LogP contribution in [-0.4, -0.2) is 28.9 Å². The second-order valence-corrected chi connectivity index (χ2v) is 4.39. The molecule has 1 aromatic rings. The van der Waals surface area contributed by atoms with Gasteiger partial charge in [0.2, 0.25) is 0 Å². The first-order valence-corrected chi connectivity index (χ1v) is 5.80. The molecular weight excluding hydrogens is 258 g/mol. The van der Waals surface area contributed by atoms with Gasteiger partial charge in [0, 0.05) is 12.6 Å². The number of likely N-dealkylation sites (N-methyl/N-ethyl adjacent to an activating group) is 1. The van der Waals surface area contributed by atoms with E-state index in [-0.39, 0.29) is 22.7 Å². The lowest BCUT2D eigenvalue weighted by Gasteiger charge is -2.20. The molecule has 2 N–H and O–H groups in total. The highest BCUT2D eigenvalue weighted by Gasteiger charge is 2.20. The maximum absolute atomic E-state index is 13.6. The van der Waals surface area contributed by atoms with Crippen molar-refractivity contribution in [2.75, 3.05) is 13.1 Å². The molecule has 6 heteroatoms. The number of nitrogens with two attached hydrogens (primary N) is 1. The lowest BCUT2D eigenvalue weighted by molar-refractivity contribution is 0.0783. The first-order chi connectivity index (χ1) is 8.36. The largest absolute Gasteiger partial charge is 0.392 e. The predicted molar refractivity (Wildman–Crippen MR) is 69.5 cm³/mol. The average Bonchev–Trinajstić information content (AvgIpc) is 2.29. The summed E-state index contributed by atoms with van der Waals surface area (Å²) in [7, 11) is 0. The fourth-order valence-corrected chi connectivity index (χ4v) is 1.66. The first-order valence-electron chi connectivity index (χ1n) is 5.40. The number of amides is 1. The quantitative estimate of drug-likeness (QED) is 0.853. The molecule has 0 aliphatic carbocycles. The van der Waals surface area contributed by atoms with Gasteiger partial charge < -0.3 is 10.6 Å². The van der Waals surface area contributed by atoms with Gasteiger partial charge in [-0.2, -0.15) is 0 Å². The molecule has 0 heterocycles. The summed E-state index contributed by atoms with van der Waals surface area (Å²) in [6.45, 7) is 3.60. The smallest absolute Gasteiger partial charge is 0.257 e. The van der Waals surface area contributed by atoms with E-state index in [0.717, 1.165) is 0 Å². The number of halogens is 2. The van der Waals surface area contributed by atoms with Crippen molar-refractivity contribution in [2.24, 2.45) is 5.73 Å². The minimum atomic E-state index is -0.885. The standard InChI is InChI=1S/C12H14F2N2OS/c1-3-16(6-11(15)18)12(17)8-4-7(2)9(13)5-10(8)14/h4-5H,3,6H2,1-2H3,(H2,15,18). The lowest BCUT2D eigenvalue weighted by Crippen LogP contribution is -2.38. The number of nitrogens with zero attached hydrogens (tertiary/aromatic N) is 1. The number of benzene rings is 1. The van der Waals surface area contributed by atoms with E-state index in [1.54, 1.807) is 6.92 Å². The summed E-state index contributed by atoms with van der Waals surface area (Å²) >= 11 is 4.72. The number of rotatable bonds is 4. The SMILES string of the molecule is CCN(CC(N)=S)C(=O)c1cc(C)c(F)cc1F. The Morgan fingerprint density at radius 1 is 1.39 bits per heavy atom. The molecule has 0 aromatic heterocycles. The summed E-state index contributed by atoms with van der Waals surface area (Å²) in [5, 5.41) is 0. The van der Waals surface area contributed by atoms with Gasteiger partial charge in [0.15, 0.2) is 0 Å².